The number of methoxy groups -OCH3 is 1. The molecule has 0 aromatic heterocycles. The lowest BCUT2D eigenvalue weighted by Gasteiger charge is -2.30. The smallest absolute Gasteiger partial charge is 0.415 e. The van der Waals surface area contributed by atoms with Gasteiger partial charge in [0, 0.05) is 30.8 Å². The van der Waals surface area contributed by atoms with Gasteiger partial charge in [-0.25, -0.2) is 13.2 Å². The Labute approximate surface area is 264 Å². The van der Waals surface area contributed by atoms with E-state index in [1.807, 2.05) is 44.2 Å². The largest absolute Gasteiger partial charge is 0.497 e. The Morgan fingerprint density at radius 2 is 1.71 bits per heavy atom. The fourth-order valence-corrected chi connectivity index (χ4v) is 6.94. The zero-order chi connectivity index (χ0) is 32.7. The number of amides is 1. The fraction of sp³-hybridized carbons (Fsp3) is 0.382. The van der Waals surface area contributed by atoms with Crippen molar-refractivity contribution in [1.82, 2.24) is 4.31 Å². The first-order chi connectivity index (χ1) is 21.4. The van der Waals surface area contributed by atoms with Crippen molar-refractivity contribution in [1.29, 1.82) is 0 Å². The van der Waals surface area contributed by atoms with E-state index in [0.717, 1.165) is 5.56 Å². The van der Waals surface area contributed by atoms with Crippen LogP contribution in [-0.2, 0) is 26.0 Å². The van der Waals surface area contributed by atoms with Gasteiger partial charge in [-0.05, 0) is 67.1 Å². The monoisotopic (exact) mass is 636 g/mol. The van der Waals surface area contributed by atoms with Gasteiger partial charge < -0.3 is 14.6 Å². The molecule has 3 aromatic carbocycles. The molecule has 0 unspecified atom stereocenters. The zero-order valence-corrected chi connectivity index (χ0v) is 26.8. The number of sulfonamides is 1. The van der Waals surface area contributed by atoms with Crippen molar-refractivity contribution in [2.45, 2.75) is 50.7 Å². The third-order valence-corrected chi connectivity index (χ3v) is 9.59. The van der Waals surface area contributed by atoms with E-state index >= 15 is 0 Å². The summed E-state index contributed by atoms with van der Waals surface area (Å²) in [7, 11) is -2.49. The van der Waals surface area contributed by atoms with Crippen LogP contribution in [0, 0.1) is 11.8 Å². The number of benzene rings is 3. The third kappa shape index (κ3) is 8.56. The van der Waals surface area contributed by atoms with Gasteiger partial charge in [-0.3, -0.25) is 14.5 Å². The molecule has 1 N–H and O–H groups in total. The maximum Gasteiger partial charge on any atom is 0.415 e. The second kappa shape index (κ2) is 14.8. The number of hydrogen-bond donors (Lipinski definition) is 1. The number of hydrogen-bond acceptors (Lipinski definition) is 8. The van der Waals surface area contributed by atoms with Crippen LogP contribution in [0.15, 0.2) is 83.8 Å². The lowest BCUT2D eigenvalue weighted by atomic mass is 9.88. The summed E-state index contributed by atoms with van der Waals surface area (Å²) in [6.07, 6.45) is -2.84. The van der Waals surface area contributed by atoms with Crippen molar-refractivity contribution in [2.75, 3.05) is 31.6 Å². The molecule has 0 saturated carbocycles. The minimum absolute atomic E-state index is 0.0372. The molecule has 1 saturated heterocycles. The number of ether oxygens (including phenoxy) is 2. The minimum Gasteiger partial charge on any atom is -0.497 e. The predicted molar refractivity (Wildman–Crippen MR) is 170 cm³/mol. The number of Topliss-reactive ketones (excluding diaryl/α,β-unsaturated/α-hetero) is 2. The van der Waals surface area contributed by atoms with Crippen molar-refractivity contribution >= 4 is 33.4 Å². The molecular formula is C34H40N2O8S. The van der Waals surface area contributed by atoms with Crippen LogP contribution in [0.5, 0.6) is 5.75 Å². The molecule has 1 aliphatic heterocycles. The highest BCUT2D eigenvalue weighted by Crippen LogP contribution is 2.27. The molecule has 1 aliphatic rings. The summed E-state index contributed by atoms with van der Waals surface area (Å²) in [4.78, 5) is 39.6. The van der Waals surface area contributed by atoms with E-state index in [-0.39, 0.29) is 48.4 Å². The van der Waals surface area contributed by atoms with Crippen molar-refractivity contribution in [2.24, 2.45) is 11.8 Å². The van der Waals surface area contributed by atoms with Crippen LogP contribution < -0.4 is 9.64 Å². The average molecular weight is 637 g/mol. The number of carbonyl (C=O) groups excluding carboxylic acids is 3. The summed E-state index contributed by atoms with van der Waals surface area (Å²) in [6, 6.07) is 21.9. The Hall–Kier alpha value is -4.06. The van der Waals surface area contributed by atoms with Crippen LogP contribution >= 0.6 is 0 Å². The summed E-state index contributed by atoms with van der Waals surface area (Å²) in [5.41, 5.74) is 1.74. The molecule has 1 heterocycles. The molecule has 0 radical (unpaired) electrons. The Bertz CT molecular complexity index is 1590. The van der Waals surface area contributed by atoms with Gasteiger partial charge >= 0.3 is 6.09 Å². The van der Waals surface area contributed by atoms with Crippen LogP contribution in [0.1, 0.15) is 43.1 Å². The standard InChI is InChI=1S/C34H40N2O8S/c1-23(2)20-35(45(41,42)30-15-13-29(43-4)14-16-30)21-32(39)27(17-25-9-6-5-7-10-25)19-31(38)33-22-36(34(40)44-33)28-12-8-11-26(18-28)24(3)37/h5-16,18,23,27,32-33,39H,17,19-22H2,1-4H3/t27-,32-,33+/m1/s1. The van der Waals surface area contributed by atoms with E-state index in [0.29, 0.717) is 23.4 Å². The van der Waals surface area contributed by atoms with Gasteiger partial charge in [0.15, 0.2) is 17.7 Å². The normalized spacial score (nSPS) is 16.5. The average Bonchev–Trinajstić information content (AvgIpc) is 3.42. The van der Waals surface area contributed by atoms with Crippen LogP contribution in [0.2, 0.25) is 0 Å². The molecule has 0 bridgehead atoms. The number of rotatable bonds is 15. The van der Waals surface area contributed by atoms with Crippen molar-refractivity contribution in [3.8, 4) is 5.75 Å². The second-order valence-electron chi connectivity index (χ2n) is 11.7. The topological polar surface area (TPSA) is 131 Å². The van der Waals surface area contributed by atoms with Gasteiger partial charge in [0.2, 0.25) is 10.0 Å². The molecule has 0 aliphatic carbocycles. The summed E-state index contributed by atoms with van der Waals surface area (Å²) in [5, 5.41) is 11.6. The molecule has 1 amide bonds. The van der Waals surface area contributed by atoms with E-state index in [1.165, 1.54) is 35.4 Å². The Kier molecular flexibility index (Phi) is 11.1. The van der Waals surface area contributed by atoms with Gasteiger partial charge in [-0.2, -0.15) is 4.31 Å². The first kappa shape index (κ1) is 33.8. The van der Waals surface area contributed by atoms with Crippen LogP contribution in [0.4, 0.5) is 10.5 Å². The van der Waals surface area contributed by atoms with Crippen molar-refractivity contribution in [3.63, 3.8) is 0 Å². The van der Waals surface area contributed by atoms with Crippen LogP contribution in [0.3, 0.4) is 0 Å². The molecule has 240 valence electrons. The van der Waals surface area contributed by atoms with Crippen LogP contribution in [0.25, 0.3) is 0 Å². The highest BCUT2D eigenvalue weighted by molar-refractivity contribution is 7.89. The van der Waals surface area contributed by atoms with Crippen molar-refractivity contribution in [3.05, 3.63) is 90.0 Å². The highest BCUT2D eigenvalue weighted by atomic mass is 32.2. The number of anilines is 1. The molecule has 4 rings (SSSR count). The van der Waals surface area contributed by atoms with E-state index in [9.17, 15) is 27.9 Å². The quantitative estimate of drug-likeness (QED) is 0.237. The van der Waals surface area contributed by atoms with Gasteiger partial charge in [-0.15, -0.1) is 0 Å². The first-order valence-electron chi connectivity index (χ1n) is 14.9. The fourth-order valence-electron chi connectivity index (χ4n) is 5.32. The van der Waals surface area contributed by atoms with E-state index in [4.69, 9.17) is 9.47 Å². The maximum absolute atomic E-state index is 13.7. The molecular weight excluding hydrogens is 596 g/mol. The Morgan fingerprint density at radius 3 is 2.33 bits per heavy atom. The van der Waals surface area contributed by atoms with E-state index in [2.05, 4.69) is 0 Å². The molecule has 1 fully saturated rings. The summed E-state index contributed by atoms with van der Waals surface area (Å²) < 4.78 is 39.3. The van der Waals surface area contributed by atoms with Gasteiger partial charge in [-0.1, -0.05) is 56.3 Å². The number of aliphatic hydroxyl groups is 1. The number of carbonyl (C=O) groups is 3. The molecule has 11 heteroatoms. The molecule has 3 aromatic rings. The number of ketones is 2. The number of nitrogens with zero attached hydrogens (tertiary/aromatic N) is 2. The highest BCUT2D eigenvalue weighted by Gasteiger charge is 2.39. The van der Waals surface area contributed by atoms with E-state index < -0.39 is 34.2 Å². The lowest BCUT2D eigenvalue weighted by molar-refractivity contribution is -0.127. The third-order valence-electron chi connectivity index (χ3n) is 7.74. The SMILES string of the molecule is COc1ccc(S(=O)(=O)N(CC(C)C)C[C@@H](O)[C@@H](CC(=O)[C@@H]2CN(c3cccc(C(C)=O)c3)C(=O)O2)Cc2ccccc2)cc1. The van der Waals surface area contributed by atoms with Gasteiger partial charge in [0.1, 0.15) is 5.75 Å². The molecule has 0 spiro atoms. The minimum atomic E-state index is -3.99. The van der Waals surface area contributed by atoms with Gasteiger partial charge in [0.25, 0.3) is 0 Å². The van der Waals surface area contributed by atoms with Crippen LogP contribution in [-0.4, -0.2) is 74.4 Å². The Morgan fingerprint density at radius 1 is 1.02 bits per heavy atom. The van der Waals surface area contributed by atoms with E-state index in [1.54, 1.807) is 36.4 Å². The lowest BCUT2D eigenvalue weighted by Crippen LogP contribution is -2.43. The van der Waals surface area contributed by atoms with Gasteiger partial charge in [0.05, 0.1) is 24.7 Å². The second-order valence-corrected chi connectivity index (χ2v) is 13.6. The predicted octanol–water partition coefficient (Wildman–Crippen LogP) is 4.75. The molecule has 10 nitrogen and oxygen atoms in total. The first-order valence-corrected chi connectivity index (χ1v) is 16.3. The number of cyclic esters (lactones) is 1. The molecule has 3 atom stereocenters. The zero-order valence-electron chi connectivity index (χ0n) is 26.0. The summed E-state index contributed by atoms with van der Waals surface area (Å²) in [5.74, 6) is -0.736. The maximum atomic E-state index is 13.7. The Balaban J connectivity index is 1.55. The summed E-state index contributed by atoms with van der Waals surface area (Å²) >= 11 is 0. The molecule has 45 heavy (non-hydrogen) atoms. The van der Waals surface area contributed by atoms with Crippen molar-refractivity contribution < 1.29 is 37.4 Å². The summed E-state index contributed by atoms with van der Waals surface area (Å²) in [6.45, 7) is 5.09. The number of aliphatic hydroxyl groups excluding tert-OH is 1.